The summed E-state index contributed by atoms with van der Waals surface area (Å²) in [5.41, 5.74) is 1.97. The van der Waals surface area contributed by atoms with Gasteiger partial charge < -0.3 is 19.9 Å². The fourth-order valence-electron chi connectivity index (χ4n) is 4.29. The van der Waals surface area contributed by atoms with Gasteiger partial charge in [-0.05, 0) is 37.4 Å². The minimum Gasteiger partial charge on any atom is -0.462 e. The van der Waals surface area contributed by atoms with Crippen molar-refractivity contribution in [3.8, 4) is 0 Å². The molecule has 0 unspecified atom stereocenters. The molecule has 1 aliphatic carbocycles. The third-order valence-corrected chi connectivity index (χ3v) is 6.04. The van der Waals surface area contributed by atoms with Gasteiger partial charge in [0.2, 0.25) is 5.91 Å². The molecule has 1 aromatic rings. The highest BCUT2D eigenvalue weighted by atomic mass is 16.5. The van der Waals surface area contributed by atoms with Gasteiger partial charge in [0, 0.05) is 50.1 Å². The van der Waals surface area contributed by atoms with E-state index in [-0.39, 0.29) is 17.7 Å². The molecule has 168 valence electrons. The van der Waals surface area contributed by atoms with Crippen LogP contribution in [0.15, 0.2) is 78.6 Å². The number of benzene rings is 1. The number of nitrogens with zero attached hydrogens (tertiary/aromatic N) is 2. The number of allylic oxidation sites excluding steroid dienone is 4. The molecule has 32 heavy (non-hydrogen) atoms. The van der Waals surface area contributed by atoms with Crippen molar-refractivity contribution in [2.45, 2.75) is 38.1 Å². The highest BCUT2D eigenvalue weighted by Gasteiger charge is 2.21. The van der Waals surface area contributed by atoms with Crippen molar-refractivity contribution in [3.63, 3.8) is 0 Å². The molecule has 2 aliphatic heterocycles. The largest absolute Gasteiger partial charge is 0.462 e. The first-order chi connectivity index (χ1) is 15.7. The maximum absolute atomic E-state index is 12.3. The number of amides is 1. The number of ketones is 1. The molecule has 0 saturated carbocycles. The van der Waals surface area contributed by atoms with Gasteiger partial charge in [0.05, 0.1) is 6.42 Å². The van der Waals surface area contributed by atoms with Crippen LogP contribution in [-0.2, 0) is 20.7 Å². The van der Waals surface area contributed by atoms with Crippen LogP contribution in [0.1, 0.15) is 31.2 Å². The quantitative estimate of drug-likeness (QED) is 0.682. The van der Waals surface area contributed by atoms with E-state index in [0.717, 1.165) is 62.3 Å². The fourth-order valence-corrected chi connectivity index (χ4v) is 4.29. The van der Waals surface area contributed by atoms with Crippen molar-refractivity contribution in [2.24, 2.45) is 0 Å². The van der Waals surface area contributed by atoms with Crippen LogP contribution in [-0.4, -0.2) is 53.7 Å². The summed E-state index contributed by atoms with van der Waals surface area (Å²) in [6.07, 6.45) is 14.8. The standard InChI is InChI=1S/C26H31N3O3/c30-24-9-4-8-22(19-24)25-20-29(16-17-32-25)13-5-12-28-14-10-23(11-15-28)27-26(31)18-21-6-2-1-3-7-21/h1-4,6-9,16-17,20,23H,5,10-15,18-19H2,(H,27,31). The zero-order valence-electron chi connectivity index (χ0n) is 18.4. The first-order valence-electron chi connectivity index (χ1n) is 11.4. The van der Waals surface area contributed by atoms with Gasteiger partial charge in [-0.25, -0.2) is 0 Å². The van der Waals surface area contributed by atoms with E-state index in [9.17, 15) is 9.59 Å². The van der Waals surface area contributed by atoms with Gasteiger partial charge in [-0.15, -0.1) is 0 Å². The Labute approximate surface area is 189 Å². The van der Waals surface area contributed by atoms with Crippen molar-refractivity contribution in [3.05, 3.63) is 84.1 Å². The Morgan fingerprint density at radius 2 is 1.94 bits per heavy atom. The second-order valence-corrected chi connectivity index (χ2v) is 8.53. The predicted octanol–water partition coefficient (Wildman–Crippen LogP) is 3.30. The van der Waals surface area contributed by atoms with Gasteiger partial charge in [-0.1, -0.05) is 42.5 Å². The third kappa shape index (κ3) is 6.44. The molecule has 1 fully saturated rings. The molecular formula is C26H31N3O3. The molecule has 0 bridgehead atoms. The average molecular weight is 434 g/mol. The Bertz CT molecular complexity index is 925. The van der Waals surface area contributed by atoms with E-state index in [4.69, 9.17) is 4.74 Å². The highest BCUT2D eigenvalue weighted by Crippen LogP contribution is 2.23. The first kappa shape index (κ1) is 22.1. The summed E-state index contributed by atoms with van der Waals surface area (Å²) in [7, 11) is 0. The van der Waals surface area contributed by atoms with Crippen LogP contribution in [0.3, 0.4) is 0 Å². The number of carbonyl (C=O) groups excluding carboxylic acids is 2. The maximum Gasteiger partial charge on any atom is 0.224 e. The molecule has 1 N–H and O–H groups in total. The minimum atomic E-state index is 0.104. The van der Waals surface area contributed by atoms with E-state index in [1.807, 2.05) is 48.8 Å². The zero-order valence-corrected chi connectivity index (χ0v) is 18.4. The summed E-state index contributed by atoms with van der Waals surface area (Å²) >= 11 is 0. The number of likely N-dealkylation sites (tertiary alicyclic amines) is 1. The van der Waals surface area contributed by atoms with Crippen molar-refractivity contribution in [1.82, 2.24) is 15.1 Å². The summed E-state index contributed by atoms with van der Waals surface area (Å²) in [5.74, 6) is 0.964. The van der Waals surface area contributed by atoms with Crippen LogP contribution in [0.25, 0.3) is 0 Å². The van der Waals surface area contributed by atoms with Crippen molar-refractivity contribution in [1.29, 1.82) is 0 Å². The number of nitrogens with one attached hydrogen (secondary N) is 1. The van der Waals surface area contributed by atoms with Crippen molar-refractivity contribution in [2.75, 3.05) is 26.2 Å². The maximum atomic E-state index is 12.3. The number of piperidine rings is 1. The van der Waals surface area contributed by atoms with Gasteiger partial charge in [-0.3, -0.25) is 9.59 Å². The van der Waals surface area contributed by atoms with Gasteiger partial charge in [-0.2, -0.15) is 0 Å². The second-order valence-electron chi connectivity index (χ2n) is 8.53. The number of rotatable bonds is 8. The molecule has 1 amide bonds. The summed E-state index contributed by atoms with van der Waals surface area (Å²) < 4.78 is 5.61. The summed E-state index contributed by atoms with van der Waals surface area (Å²) in [6, 6.07) is 10.2. The van der Waals surface area contributed by atoms with Crippen molar-refractivity contribution >= 4 is 11.7 Å². The van der Waals surface area contributed by atoms with Gasteiger partial charge >= 0.3 is 0 Å². The Morgan fingerprint density at radius 3 is 2.72 bits per heavy atom. The number of hydrogen-bond acceptors (Lipinski definition) is 5. The van der Waals surface area contributed by atoms with Crippen LogP contribution < -0.4 is 5.32 Å². The highest BCUT2D eigenvalue weighted by molar-refractivity contribution is 5.93. The lowest BCUT2D eigenvalue weighted by Crippen LogP contribution is -2.45. The van der Waals surface area contributed by atoms with E-state index in [2.05, 4.69) is 15.1 Å². The molecule has 2 heterocycles. The van der Waals surface area contributed by atoms with Crippen LogP contribution in [0.5, 0.6) is 0 Å². The van der Waals surface area contributed by atoms with E-state index < -0.39 is 0 Å². The van der Waals surface area contributed by atoms with E-state index in [1.165, 1.54) is 0 Å². The molecular weight excluding hydrogens is 402 g/mol. The topological polar surface area (TPSA) is 61.9 Å². The predicted molar refractivity (Wildman–Crippen MR) is 124 cm³/mol. The lowest BCUT2D eigenvalue weighted by atomic mass is 10.0. The Kier molecular flexibility index (Phi) is 7.56. The zero-order chi connectivity index (χ0) is 22.2. The van der Waals surface area contributed by atoms with Gasteiger partial charge in [0.15, 0.2) is 5.78 Å². The lowest BCUT2D eigenvalue weighted by molar-refractivity contribution is -0.121. The summed E-state index contributed by atoms with van der Waals surface area (Å²) in [6.45, 7) is 3.95. The SMILES string of the molecule is O=C1C=CC=C(C2=CN(CCCN3CCC(NC(=O)Cc4ccccc4)CC3)C=CO2)C1. The molecule has 0 spiro atoms. The molecule has 6 nitrogen and oxygen atoms in total. The normalized spacial score (nSPS) is 19.4. The molecule has 0 radical (unpaired) electrons. The summed E-state index contributed by atoms with van der Waals surface area (Å²) in [5, 5.41) is 3.20. The fraction of sp³-hybridized carbons (Fsp3) is 0.385. The van der Waals surface area contributed by atoms with Crippen LogP contribution in [0.4, 0.5) is 0 Å². The molecule has 0 aromatic heterocycles. The average Bonchev–Trinajstić information content (AvgIpc) is 2.81. The first-order valence-corrected chi connectivity index (χ1v) is 11.4. The Morgan fingerprint density at radius 1 is 1.12 bits per heavy atom. The molecule has 0 atom stereocenters. The number of carbonyl (C=O) groups is 2. The van der Waals surface area contributed by atoms with Crippen molar-refractivity contribution < 1.29 is 14.3 Å². The number of hydrogen-bond donors (Lipinski definition) is 1. The minimum absolute atomic E-state index is 0.104. The van der Waals surface area contributed by atoms with Crippen LogP contribution in [0, 0.1) is 0 Å². The second kappa shape index (κ2) is 11.0. The molecule has 3 aliphatic rings. The Balaban J connectivity index is 1.15. The van der Waals surface area contributed by atoms with E-state index >= 15 is 0 Å². The monoisotopic (exact) mass is 433 g/mol. The van der Waals surface area contributed by atoms with Gasteiger partial charge in [0.1, 0.15) is 12.0 Å². The smallest absolute Gasteiger partial charge is 0.224 e. The molecule has 1 aromatic carbocycles. The third-order valence-electron chi connectivity index (χ3n) is 6.04. The lowest BCUT2D eigenvalue weighted by Gasteiger charge is -2.33. The number of ether oxygens (including phenoxy) is 1. The van der Waals surface area contributed by atoms with E-state index in [0.29, 0.717) is 12.8 Å². The molecule has 1 saturated heterocycles. The molecule has 6 heteroatoms. The summed E-state index contributed by atoms with van der Waals surface area (Å²) in [4.78, 5) is 28.5. The Hall–Kier alpha value is -3.12. The van der Waals surface area contributed by atoms with Crippen LogP contribution in [0.2, 0.25) is 0 Å². The van der Waals surface area contributed by atoms with E-state index in [1.54, 1.807) is 18.4 Å². The molecule has 4 rings (SSSR count). The van der Waals surface area contributed by atoms with Crippen LogP contribution >= 0.6 is 0 Å². The van der Waals surface area contributed by atoms with Gasteiger partial charge in [0.25, 0.3) is 0 Å².